The zero-order valence-electron chi connectivity index (χ0n) is 10.8. The van der Waals surface area contributed by atoms with Crippen molar-refractivity contribution in [3.63, 3.8) is 0 Å². The molecule has 0 amide bonds. The van der Waals surface area contributed by atoms with E-state index < -0.39 is 0 Å². The van der Waals surface area contributed by atoms with Gasteiger partial charge in [0.15, 0.2) is 5.82 Å². The quantitative estimate of drug-likeness (QED) is 0.880. The minimum atomic E-state index is 0.388. The van der Waals surface area contributed by atoms with Crippen LogP contribution in [0, 0.1) is 6.92 Å². The summed E-state index contributed by atoms with van der Waals surface area (Å²) in [7, 11) is 1.92. The third kappa shape index (κ3) is 2.67. The van der Waals surface area contributed by atoms with Crippen LogP contribution < -0.4 is 5.32 Å². The Labute approximate surface area is 101 Å². The molecule has 0 spiro atoms. The van der Waals surface area contributed by atoms with Crippen LogP contribution >= 0.6 is 0 Å². The molecule has 0 atom stereocenters. The summed E-state index contributed by atoms with van der Waals surface area (Å²) in [6.45, 7) is 7.01. The van der Waals surface area contributed by atoms with Crippen LogP contribution in [0.1, 0.15) is 31.1 Å². The molecule has 0 aromatic carbocycles. The van der Waals surface area contributed by atoms with Gasteiger partial charge in [-0.1, -0.05) is 0 Å². The second-order valence-electron chi connectivity index (χ2n) is 4.57. The van der Waals surface area contributed by atoms with E-state index in [1.165, 1.54) is 0 Å². The number of anilines is 1. The van der Waals surface area contributed by atoms with Crippen molar-refractivity contribution < 1.29 is 0 Å². The van der Waals surface area contributed by atoms with Gasteiger partial charge in [-0.2, -0.15) is 10.2 Å². The highest BCUT2D eigenvalue weighted by Crippen LogP contribution is 2.15. The lowest BCUT2D eigenvalue weighted by atomic mass is 10.3. The zero-order chi connectivity index (χ0) is 12.4. The van der Waals surface area contributed by atoms with E-state index in [0.717, 1.165) is 17.1 Å². The van der Waals surface area contributed by atoms with Gasteiger partial charge in [-0.3, -0.25) is 9.36 Å². The van der Waals surface area contributed by atoms with E-state index in [1.807, 2.05) is 24.0 Å². The monoisotopic (exact) mass is 233 g/mol. The van der Waals surface area contributed by atoms with Gasteiger partial charge in [0.25, 0.3) is 0 Å². The SMILES string of the molecule is Cc1cn(C(C)C)nc1NCc1ccn(C)n1. The minimum Gasteiger partial charge on any atom is -0.363 e. The molecule has 2 aromatic heterocycles. The summed E-state index contributed by atoms with van der Waals surface area (Å²) in [5, 5.41) is 12.1. The summed E-state index contributed by atoms with van der Waals surface area (Å²) >= 11 is 0. The third-order valence-corrected chi connectivity index (χ3v) is 2.65. The lowest BCUT2D eigenvalue weighted by Crippen LogP contribution is -2.05. The van der Waals surface area contributed by atoms with E-state index in [2.05, 4.69) is 42.5 Å². The van der Waals surface area contributed by atoms with Crippen LogP contribution in [0.2, 0.25) is 0 Å². The summed E-state index contributed by atoms with van der Waals surface area (Å²) in [5.74, 6) is 0.935. The number of hydrogen-bond acceptors (Lipinski definition) is 3. The van der Waals surface area contributed by atoms with Crippen molar-refractivity contribution in [2.24, 2.45) is 7.05 Å². The van der Waals surface area contributed by atoms with Crippen LogP contribution in [0.4, 0.5) is 5.82 Å². The van der Waals surface area contributed by atoms with Crippen molar-refractivity contribution in [1.29, 1.82) is 0 Å². The van der Waals surface area contributed by atoms with Crippen LogP contribution in [0.15, 0.2) is 18.5 Å². The van der Waals surface area contributed by atoms with Crippen molar-refractivity contribution in [2.45, 2.75) is 33.4 Å². The fourth-order valence-electron chi connectivity index (χ4n) is 1.65. The first-order chi connectivity index (χ1) is 8.06. The Balaban J connectivity index is 2.03. The largest absolute Gasteiger partial charge is 0.363 e. The number of nitrogens with one attached hydrogen (secondary N) is 1. The second-order valence-corrected chi connectivity index (χ2v) is 4.57. The van der Waals surface area contributed by atoms with Crippen LogP contribution in [-0.2, 0) is 13.6 Å². The first-order valence-electron chi connectivity index (χ1n) is 5.84. The molecule has 17 heavy (non-hydrogen) atoms. The van der Waals surface area contributed by atoms with Gasteiger partial charge in [0.05, 0.1) is 12.2 Å². The van der Waals surface area contributed by atoms with Crippen molar-refractivity contribution in [3.05, 3.63) is 29.7 Å². The van der Waals surface area contributed by atoms with Gasteiger partial charge in [-0.05, 0) is 26.8 Å². The summed E-state index contributed by atoms with van der Waals surface area (Å²) in [6, 6.07) is 2.39. The molecule has 0 fully saturated rings. The molecular formula is C12H19N5. The molecule has 5 heteroatoms. The van der Waals surface area contributed by atoms with E-state index in [4.69, 9.17) is 0 Å². The van der Waals surface area contributed by atoms with Gasteiger partial charge in [-0.15, -0.1) is 0 Å². The molecule has 5 nitrogen and oxygen atoms in total. The number of rotatable bonds is 4. The Hall–Kier alpha value is -1.78. The summed E-state index contributed by atoms with van der Waals surface area (Å²) in [6.07, 6.45) is 4.00. The number of hydrogen-bond donors (Lipinski definition) is 1. The van der Waals surface area contributed by atoms with Gasteiger partial charge in [0.1, 0.15) is 0 Å². The van der Waals surface area contributed by atoms with Crippen LogP contribution in [0.5, 0.6) is 0 Å². The Morgan fingerprint density at radius 3 is 2.65 bits per heavy atom. The number of aryl methyl sites for hydroxylation is 2. The Bertz CT molecular complexity index is 495. The highest BCUT2D eigenvalue weighted by atomic mass is 15.3. The molecule has 0 unspecified atom stereocenters. The fourth-order valence-corrected chi connectivity index (χ4v) is 1.65. The van der Waals surface area contributed by atoms with Crippen molar-refractivity contribution in [2.75, 3.05) is 5.32 Å². The fraction of sp³-hybridized carbons (Fsp3) is 0.500. The second kappa shape index (κ2) is 4.61. The van der Waals surface area contributed by atoms with Crippen LogP contribution in [-0.4, -0.2) is 19.6 Å². The molecule has 2 rings (SSSR count). The molecule has 1 N–H and O–H groups in total. The molecule has 0 bridgehead atoms. The molecular weight excluding hydrogens is 214 g/mol. The van der Waals surface area contributed by atoms with Crippen LogP contribution in [0.3, 0.4) is 0 Å². The molecule has 92 valence electrons. The number of aromatic nitrogens is 4. The van der Waals surface area contributed by atoms with Crippen molar-refractivity contribution in [3.8, 4) is 0 Å². The predicted octanol–water partition coefficient (Wildman–Crippen LogP) is 2.12. The maximum Gasteiger partial charge on any atom is 0.151 e. The highest BCUT2D eigenvalue weighted by molar-refractivity contribution is 5.42. The van der Waals surface area contributed by atoms with E-state index in [0.29, 0.717) is 12.6 Å². The van der Waals surface area contributed by atoms with Crippen molar-refractivity contribution >= 4 is 5.82 Å². The lowest BCUT2D eigenvalue weighted by Gasteiger charge is -2.04. The molecule has 2 heterocycles. The third-order valence-electron chi connectivity index (χ3n) is 2.65. The Morgan fingerprint density at radius 2 is 2.12 bits per heavy atom. The normalized spacial score (nSPS) is 11.1. The average Bonchev–Trinajstić information content (AvgIpc) is 2.82. The smallest absolute Gasteiger partial charge is 0.151 e. The average molecular weight is 233 g/mol. The van der Waals surface area contributed by atoms with Gasteiger partial charge >= 0.3 is 0 Å². The number of nitrogens with zero attached hydrogens (tertiary/aromatic N) is 4. The van der Waals surface area contributed by atoms with Gasteiger partial charge in [-0.25, -0.2) is 0 Å². The Morgan fingerprint density at radius 1 is 1.35 bits per heavy atom. The summed E-state index contributed by atoms with van der Waals surface area (Å²) < 4.78 is 3.77. The van der Waals surface area contributed by atoms with Gasteiger partial charge in [0, 0.05) is 31.0 Å². The molecule has 0 aliphatic heterocycles. The maximum absolute atomic E-state index is 4.50. The van der Waals surface area contributed by atoms with E-state index >= 15 is 0 Å². The first-order valence-corrected chi connectivity index (χ1v) is 5.84. The topological polar surface area (TPSA) is 47.7 Å². The van der Waals surface area contributed by atoms with Crippen LogP contribution in [0.25, 0.3) is 0 Å². The zero-order valence-corrected chi connectivity index (χ0v) is 10.8. The van der Waals surface area contributed by atoms with E-state index in [9.17, 15) is 0 Å². The minimum absolute atomic E-state index is 0.388. The Kier molecular flexibility index (Phi) is 3.17. The predicted molar refractivity (Wildman–Crippen MR) is 67.9 cm³/mol. The molecule has 2 aromatic rings. The highest BCUT2D eigenvalue weighted by Gasteiger charge is 2.07. The van der Waals surface area contributed by atoms with Gasteiger partial charge in [0.2, 0.25) is 0 Å². The molecule has 0 saturated heterocycles. The summed E-state index contributed by atoms with van der Waals surface area (Å²) in [5.41, 5.74) is 2.18. The molecule has 0 radical (unpaired) electrons. The van der Waals surface area contributed by atoms with Gasteiger partial charge < -0.3 is 5.32 Å². The lowest BCUT2D eigenvalue weighted by molar-refractivity contribution is 0.533. The maximum atomic E-state index is 4.50. The summed E-state index contributed by atoms with van der Waals surface area (Å²) in [4.78, 5) is 0. The van der Waals surface area contributed by atoms with E-state index in [1.54, 1.807) is 4.68 Å². The van der Waals surface area contributed by atoms with E-state index in [-0.39, 0.29) is 0 Å². The molecule has 0 saturated carbocycles. The standard InChI is InChI=1S/C12H19N5/c1-9(2)17-8-10(3)12(15-17)13-7-11-5-6-16(4)14-11/h5-6,8-9H,7H2,1-4H3,(H,13,15). The molecule has 0 aliphatic carbocycles. The van der Waals surface area contributed by atoms with Crippen molar-refractivity contribution in [1.82, 2.24) is 19.6 Å². The molecule has 0 aliphatic rings. The first kappa shape index (κ1) is 11.7.